The van der Waals surface area contributed by atoms with Gasteiger partial charge in [-0.1, -0.05) is 0 Å². The van der Waals surface area contributed by atoms with E-state index in [1.54, 1.807) is 0 Å². The molecule has 19 heavy (non-hydrogen) atoms. The molecule has 0 saturated carbocycles. The van der Waals surface area contributed by atoms with Crippen molar-refractivity contribution < 1.29 is 14.2 Å². The summed E-state index contributed by atoms with van der Waals surface area (Å²) in [6.45, 7) is -0.233. The quantitative estimate of drug-likeness (QED) is 0.677. The molecule has 2 unspecified atom stereocenters. The molecule has 0 spiro atoms. The fourth-order valence-corrected chi connectivity index (χ4v) is 2.21. The lowest BCUT2D eigenvalue weighted by Gasteiger charge is -2.15. The molecule has 1 saturated heterocycles. The molecule has 5 N–H and O–H groups in total. The maximum atomic E-state index is 13.9. The first-order valence-corrected chi connectivity index (χ1v) is 5.76. The fourth-order valence-electron chi connectivity index (χ4n) is 2.21. The van der Waals surface area contributed by atoms with Crippen molar-refractivity contribution in [2.45, 2.75) is 24.9 Å². The van der Waals surface area contributed by atoms with Gasteiger partial charge in [-0.2, -0.15) is 9.97 Å². The van der Waals surface area contributed by atoms with Gasteiger partial charge >= 0.3 is 0 Å². The van der Waals surface area contributed by atoms with Gasteiger partial charge in [0, 0.05) is 6.42 Å². The largest absolute Gasteiger partial charge is 0.394 e. The van der Waals surface area contributed by atoms with E-state index in [4.69, 9.17) is 21.3 Å². The summed E-state index contributed by atoms with van der Waals surface area (Å²) in [6.07, 6.45) is -1.18. The molecule has 1 aliphatic heterocycles. The van der Waals surface area contributed by atoms with Crippen LogP contribution in [-0.2, 0) is 4.74 Å². The number of nitrogen functional groups attached to an aromatic ring is 2. The SMILES string of the molecule is Nc1nc(N)c2ncn(C3O[C@@H](CO)CC3F)c2n1. The molecular weight excluding hydrogens is 255 g/mol. The minimum atomic E-state index is -1.26. The number of halogens is 1. The van der Waals surface area contributed by atoms with Gasteiger partial charge in [-0.05, 0) is 0 Å². The van der Waals surface area contributed by atoms with Gasteiger partial charge in [0.25, 0.3) is 0 Å². The summed E-state index contributed by atoms with van der Waals surface area (Å²) in [5, 5.41) is 9.02. The fraction of sp³-hybridized carbons (Fsp3) is 0.500. The van der Waals surface area contributed by atoms with Crippen molar-refractivity contribution in [3.63, 3.8) is 0 Å². The number of fused-ring (bicyclic) bond motifs is 1. The smallest absolute Gasteiger partial charge is 0.224 e. The highest BCUT2D eigenvalue weighted by atomic mass is 19.1. The van der Waals surface area contributed by atoms with Crippen LogP contribution < -0.4 is 11.5 Å². The predicted octanol–water partition coefficient (Wildman–Crippen LogP) is -0.391. The van der Waals surface area contributed by atoms with Crippen LogP contribution in [0.2, 0.25) is 0 Å². The first-order valence-electron chi connectivity index (χ1n) is 5.76. The number of rotatable bonds is 2. The van der Waals surface area contributed by atoms with Crippen LogP contribution in [0.4, 0.5) is 16.2 Å². The minimum Gasteiger partial charge on any atom is -0.394 e. The number of aliphatic hydroxyl groups excluding tert-OH is 1. The topological polar surface area (TPSA) is 125 Å². The normalized spacial score (nSPS) is 27.2. The number of anilines is 2. The lowest BCUT2D eigenvalue weighted by Crippen LogP contribution is -2.17. The molecule has 2 aromatic heterocycles. The van der Waals surface area contributed by atoms with Crippen LogP contribution in [0.15, 0.2) is 6.33 Å². The van der Waals surface area contributed by atoms with Gasteiger partial charge in [0.15, 0.2) is 17.7 Å². The van der Waals surface area contributed by atoms with Crippen molar-refractivity contribution in [1.29, 1.82) is 0 Å². The lowest BCUT2D eigenvalue weighted by atomic mass is 10.2. The van der Waals surface area contributed by atoms with Crippen LogP contribution in [0, 0.1) is 0 Å². The number of ether oxygens (including phenoxy) is 1. The Kier molecular flexibility index (Phi) is 2.72. The van der Waals surface area contributed by atoms with Crippen LogP contribution in [0.1, 0.15) is 12.6 Å². The number of nitrogens with zero attached hydrogens (tertiary/aromatic N) is 4. The predicted molar refractivity (Wildman–Crippen MR) is 64.7 cm³/mol. The highest BCUT2D eigenvalue weighted by Crippen LogP contribution is 2.33. The van der Waals surface area contributed by atoms with Gasteiger partial charge in [-0.3, -0.25) is 4.57 Å². The van der Waals surface area contributed by atoms with Crippen molar-refractivity contribution in [2.75, 3.05) is 18.1 Å². The third kappa shape index (κ3) is 1.87. The Labute approximate surface area is 107 Å². The molecule has 0 amide bonds. The molecule has 9 heteroatoms. The van der Waals surface area contributed by atoms with E-state index in [9.17, 15) is 4.39 Å². The third-order valence-corrected chi connectivity index (χ3v) is 3.07. The highest BCUT2D eigenvalue weighted by Gasteiger charge is 2.37. The summed E-state index contributed by atoms with van der Waals surface area (Å²) < 4.78 is 20.8. The molecule has 102 valence electrons. The van der Waals surface area contributed by atoms with E-state index in [2.05, 4.69) is 15.0 Å². The maximum Gasteiger partial charge on any atom is 0.224 e. The van der Waals surface area contributed by atoms with Crippen molar-refractivity contribution in [1.82, 2.24) is 19.5 Å². The molecule has 0 bridgehead atoms. The Bertz CT molecular complexity index is 617. The van der Waals surface area contributed by atoms with Crippen molar-refractivity contribution in [3.05, 3.63) is 6.33 Å². The molecule has 3 rings (SSSR count). The van der Waals surface area contributed by atoms with Gasteiger partial charge in [0.2, 0.25) is 5.95 Å². The average molecular weight is 268 g/mol. The number of hydrogen-bond acceptors (Lipinski definition) is 7. The van der Waals surface area contributed by atoms with Crippen LogP contribution in [-0.4, -0.2) is 43.5 Å². The second kappa shape index (κ2) is 4.28. The number of imidazole rings is 1. The lowest BCUT2D eigenvalue weighted by molar-refractivity contribution is -0.0351. The van der Waals surface area contributed by atoms with Crippen molar-refractivity contribution >= 4 is 22.9 Å². The number of nitrogens with two attached hydrogens (primary N) is 2. The molecule has 0 aromatic carbocycles. The monoisotopic (exact) mass is 268 g/mol. The Morgan fingerprint density at radius 2 is 2.26 bits per heavy atom. The van der Waals surface area contributed by atoms with Gasteiger partial charge in [0.05, 0.1) is 19.0 Å². The zero-order chi connectivity index (χ0) is 13.6. The summed E-state index contributed by atoms with van der Waals surface area (Å²) >= 11 is 0. The molecule has 3 atom stereocenters. The second-order valence-corrected chi connectivity index (χ2v) is 4.37. The minimum absolute atomic E-state index is 0.0149. The molecule has 0 radical (unpaired) electrons. The summed E-state index contributed by atoms with van der Waals surface area (Å²) in [7, 11) is 0. The first-order chi connectivity index (χ1) is 9.10. The van der Waals surface area contributed by atoms with E-state index in [0.29, 0.717) is 11.2 Å². The van der Waals surface area contributed by atoms with Crippen LogP contribution in [0.25, 0.3) is 11.2 Å². The van der Waals surface area contributed by atoms with E-state index in [-0.39, 0.29) is 24.8 Å². The second-order valence-electron chi connectivity index (χ2n) is 4.37. The Morgan fingerprint density at radius 1 is 1.47 bits per heavy atom. The Hall–Kier alpha value is -2.00. The summed E-state index contributed by atoms with van der Waals surface area (Å²) in [4.78, 5) is 11.8. The van der Waals surface area contributed by atoms with Crippen molar-refractivity contribution in [3.8, 4) is 0 Å². The number of alkyl halides is 1. The van der Waals surface area contributed by atoms with E-state index >= 15 is 0 Å². The van der Waals surface area contributed by atoms with Gasteiger partial charge in [-0.25, -0.2) is 9.37 Å². The van der Waals surface area contributed by atoms with Gasteiger partial charge < -0.3 is 21.3 Å². The van der Waals surface area contributed by atoms with E-state index in [1.807, 2.05) is 0 Å². The standard InChI is InChI=1S/C10H13FN6O2/c11-5-1-4(2-18)19-9(5)17-3-14-6-7(12)15-10(13)16-8(6)17/h3-5,9,18H,1-2H2,(H4,12,13,15,16)/t4-,5?,9?/m1/s1. The number of aromatic nitrogens is 4. The molecule has 8 nitrogen and oxygen atoms in total. The number of hydrogen-bond donors (Lipinski definition) is 3. The van der Waals surface area contributed by atoms with Crippen LogP contribution in [0.5, 0.6) is 0 Å². The molecule has 0 aliphatic carbocycles. The average Bonchev–Trinajstić information content (AvgIpc) is 2.92. The Morgan fingerprint density at radius 3 is 2.95 bits per heavy atom. The first kappa shape index (κ1) is 12.1. The van der Waals surface area contributed by atoms with Crippen molar-refractivity contribution in [2.24, 2.45) is 0 Å². The van der Waals surface area contributed by atoms with Crippen LogP contribution in [0.3, 0.4) is 0 Å². The van der Waals surface area contributed by atoms with E-state index in [1.165, 1.54) is 10.9 Å². The zero-order valence-corrected chi connectivity index (χ0v) is 9.90. The molecular formula is C10H13FN6O2. The molecule has 1 fully saturated rings. The van der Waals surface area contributed by atoms with E-state index in [0.717, 1.165) is 0 Å². The molecule has 1 aliphatic rings. The summed E-state index contributed by atoms with van der Waals surface area (Å²) in [5.41, 5.74) is 11.9. The van der Waals surface area contributed by atoms with Gasteiger partial charge in [-0.15, -0.1) is 0 Å². The highest BCUT2D eigenvalue weighted by molar-refractivity contribution is 5.82. The maximum absolute atomic E-state index is 13.9. The van der Waals surface area contributed by atoms with E-state index < -0.39 is 18.5 Å². The summed E-state index contributed by atoms with van der Waals surface area (Å²) in [5.74, 6) is 0.118. The third-order valence-electron chi connectivity index (χ3n) is 3.07. The summed E-state index contributed by atoms with van der Waals surface area (Å²) in [6, 6.07) is 0. The van der Waals surface area contributed by atoms with Crippen LogP contribution >= 0.6 is 0 Å². The number of aliphatic hydroxyl groups is 1. The van der Waals surface area contributed by atoms with Gasteiger partial charge in [0.1, 0.15) is 11.7 Å². The molecule has 2 aromatic rings. The molecule has 3 heterocycles. The zero-order valence-electron chi connectivity index (χ0n) is 9.90. The Balaban J connectivity index is 2.06.